The van der Waals surface area contributed by atoms with Gasteiger partial charge in [-0.25, -0.2) is 8.42 Å². The molecule has 2 rings (SSSR count). The minimum Gasteiger partial charge on any atom is -0.468 e. The summed E-state index contributed by atoms with van der Waals surface area (Å²) in [6, 6.07) is 9.42. The molecule has 0 saturated heterocycles. The Kier molecular flexibility index (Phi) is 4.06. The molecule has 106 valence electrons. The molecule has 1 aromatic heterocycles. The normalized spacial score (nSPS) is 11.8. The van der Waals surface area contributed by atoms with Gasteiger partial charge < -0.3 is 4.42 Å². The van der Waals surface area contributed by atoms with Crippen molar-refractivity contribution in [2.75, 3.05) is 7.05 Å². The standard InChI is InChI=1S/C14H15NO4S/c1-11(16)12-5-3-7-14(9-12)20(17,18)15(2)10-13-6-4-8-19-13/h3-9H,10H2,1-2H3. The fourth-order valence-electron chi connectivity index (χ4n) is 1.76. The minimum atomic E-state index is -3.65. The van der Waals surface area contributed by atoms with E-state index in [0.29, 0.717) is 11.3 Å². The summed E-state index contributed by atoms with van der Waals surface area (Å²) >= 11 is 0. The number of sulfonamides is 1. The van der Waals surface area contributed by atoms with Crippen LogP contribution in [-0.4, -0.2) is 25.6 Å². The first-order valence-corrected chi connectivity index (χ1v) is 7.45. The summed E-state index contributed by atoms with van der Waals surface area (Å²) in [7, 11) is -2.18. The van der Waals surface area contributed by atoms with Crippen LogP contribution in [0.1, 0.15) is 23.0 Å². The Labute approximate surface area is 117 Å². The number of ketones is 1. The molecule has 0 saturated carbocycles. The van der Waals surface area contributed by atoms with Gasteiger partial charge in [-0.3, -0.25) is 4.79 Å². The van der Waals surface area contributed by atoms with Crippen molar-refractivity contribution in [3.63, 3.8) is 0 Å². The van der Waals surface area contributed by atoms with Gasteiger partial charge in [-0.15, -0.1) is 0 Å². The van der Waals surface area contributed by atoms with Crippen LogP contribution in [0, 0.1) is 0 Å². The van der Waals surface area contributed by atoms with Crippen LogP contribution in [0.5, 0.6) is 0 Å². The molecule has 5 nitrogen and oxygen atoms in total. The number of rotatable bonds is 5. The van der Waals surface area contributed by atoms with Gasteiger partial charge >= 0.3 is 0 Å². The summed E-state index contributed by atoms with van der Waals surface area (Å²) < 4.78 is 31.1. The summed E-state index contributed by atoms with van der Waals surface area (Å²) in [5.41, 5.74) is 0.373. The van der Waals surface area contributed by atoms with Crippen LogP contribution in [0.4, 0.5) is 0 Å². The summed E-state index contributed by atoms with van der Waals surface area (Å²) in [6.45, 7) is 1.54. The first kappa shape index (κ1) is 14.5. The average molecular weight is 293 g/mol. The van der Waals surface area contributed by atoms with Gasteiger partial charge in [-0.1, -0.05) is 12.1 Å². The third-order valence-corrected chi connectivity index (χ3v) is 4.71. The molecule has 0 aliphatic carbocycles. The number of nitrogens with zero attached hydrogens (tertiary/aromatic N) is 1. The Morgan fingerprint density at radius 1 is 1.25 bits per heavy atom. The Hall–Kier alpha value is -1.92. The van der Waals surface area contributed by atoms with Crippen molar-refractivity contribution in [3.05, 3.63) is 54.0 Å². The van der Waals surface area contributed by atoms with Crippen LogP contribution in [0.25, 0.3) is 0 Å². The second-order valence-corrected chi connectivity index (χ2v) is 6.47. The van der Waals surface area contributed by atoms with E-state index in [-0.39, 0.29) is 17.2 Å². The lowest BCUT2D eigenvalue weighted by Gasteiger charge is -2.16. The van der Waals surface area contributed by atoms with Crippen molar-refractivity contribution in [1.29, 1.82) is 0 Å². The van der Waals surface area contributed by atoms with Gasteiger partial charge in [0.2, 0.25) is 10.0 Å². The van der Waals surface area contributed by atoms with Crippen molar-refractivity contribution >= 4 is 15.8 Å². The molecule has 1 aromatic carbocycles. The summed E-state index contributed by atoms with van der Waals surface area (Å²) in [4.78, 5) is 11.4. The zero-order valence-corrected chi connectivity index (χ0v) is 12.1. The molecule has 0 bridgehead atoms. The Balaban J connectivity index is 2.29. The average Bonchev–Trinajstić information content (AvgIpc) is 2.91. The van der Waals surface area contributed by atoms with E-state index in [9.17, 15) is 13.2 Å². The molecule has 0 aliphatic rings. The number of carbonyl (C=O) groups excluding carboxylic acids is 1. The number of carbonyl (C=O) groups is 1. The monoisotopic (exact) mass is 293 g/mol. The highest BCUT2D eigenvalue weighted by atomic mass is 32.2. The van der Waals surface area contributed by atoms with Gasteiger partial charge in [0.05, 0.1) is 17.7 Å². The zero-order valence-electron chi connectivity index (χ0n) is 11.2. The van der Waals surface area contributed by atoms with Crippen LogP contribution in [0.2, 0.25) is 0 Å². The lowest BCUT2D eigenvalue weighted by atomic mass is 10.2. The van der Waals surface area contributed by atoms with Crippen LogP contribution in [-0.2, 0) is 16.6 Å². The number of hydrogen-bond acceptors (Lipinski definition) is 4. The highest BCUT2D eigenvalue weighted by Gasteiger charge is 2.22. The first-order valence-electron chi connectivity index (χ1n) is 6.01. The van der Waals surface area contributed by atoms with E-state index in [1.54, 1.807) is 24.3 Å². The lowest BCUT2D eigenvalue weighted by molar-refractivity contribution is 0.101. The van der Waals surface area contributed by atoms with Gasteiger partial charge in [0.15, 0.2) is 5.78 Å². The SMILES string of the molecule is CC(=O)c1cccc(S(=O)(=O)N(C)Cc2ccco2)c1. The van der Waals surface area contributed by atoms with Crippen LogP contribution < -0.4 is 0 Å². The molecule has 0 spiro atoms. The molecule has 0 amide bonds. The van der Waals surface area contributed by atoms with Crippen molar-refractivity contribution in [2.45, 2.75) is 18.4 Å². The Morgan fingerprint density at radius 2 is 2.00 bits per heavy atom. The molecular weight excluding hydrogens is 278 g/mol. The predicted octanol–water partition coefficient (Wildman–Crippen LogP) is 2.30. The maximum Gasteiger partial charge on any atom is 0.243 e. The Morgan fingerprint density at radius 3 is 2.60 bits per heavy atom. The topological polar surface area (TPSA) is 67.6 Å². The van der Waals surface area contributed by atoms with E-state index in [4.69, 9.17) is 4.42 Å². The smallest absolute Gasteiger partial charge is 0.243 e. The van der Waals surface area contributed by atoms with Gasteiger partial charge in [0, 0.05) is 12.6 Å². The summed E-state index contributed by atoms with van der Waals surface area (Å²) in [5.74, 6) is 0.384. The van der Waals surface area contributed by atoms with E-state index in [2.05, 4.69) is 0 Å². The summed E-state index contributed by atoms with van der Waals surface area (Å²) in [5, 5.41) is 0. The van der Waals surface area contributed by atoms with Gasteiger partial charge in [0.25, 0.3) is 0 Å². The highest BCUT2D eigenvalue weighted by molar-refractivity contribution is 7.89. The molecule has 0 unspecified atom stereocenters. The molecule has 2 aromatic rings. The molecule has 1 heterocycles. The molecule has 0 N–H and O–H groups in total. The maximum absolute atomic E-state index is 12.4. The third-order valence-electron chi connectivity index (χ3n) is 2.91. The predicted molar refractivity (Wildman–Crippen MR) is 73.8 cm³/mol. The molecule has 0 fully saturated rings. The largest absolute Gasteiger partial charge is 0.468 e. The summed E-state index contributed by atoms with van der Waals surface area (Å²) in [6.07, 6.45) is 1.49. The quantitative estimate of drug-likeness (QED) is 0.793. The molecule has 0 atom stereocenters. The molecular formula is C14H15NO4S. The van der Waals surface area contributed by atoms with Crippen LogP contribution in [0.3, 0.4) is 0 Å². The molecule has 6 heteroatoms. The van der Waals surface area contributed by atoms with E-state index in [0.717, 1.165) is 0 Å². The van der Waals surface area contributed by atoms with Crippen LogP contribution >= 0.6 is 0 Å². The zero-order chi connectivity index (χ0) is 14.8. The lowest BCUT2D eigenvalue weighted by Crippen LogP contribution is -2.26. The molecule has 0 radical (unpaired) electrons. The number of benzene rings is 1. The van der Waals surface area contributed by atoms with Crippen LogP contribution in [0.15, 0.2) is 52.0 Å². The first-order chi connectivity index (χ1) is 9.41. The van der Waals surface area contributed by atoms with Crippen molar-refractivity contribution in [3.8, 4) is 0 Å². The van der Waals surface area contributed by atoms with Crippen molar-refractivity contribution in [2.24, 2.45) is 0 Å². The van der Waals surface area contributed by atoms with E-state index >= 15 is 0 Å². The highest BCUT2D eigenvalue weighted by Crippen LogP contribution is 2.18. The van der Waals surface area contributed by atoms with Crippen molar-refractivity contribution in [1.82, 2.24) is 4.31 Å². The second-order valence-electron chi connectivity index (χ2n) is 4.42. The van der Waals surface area contributed by atoms with E-state index in [1.165, 1.54) is 36.7 Å². The Bertz CT molecular complexity index is 705. The number of hydrogen-bond donors (Lipinski definition) is 0. The maximum atomic E-state index is 12.4. The number of furan rings is 1. The molecule has 20 heavy (non-hydrogen) atoms. The van der Waals surface area contributed by atoms with Gasteiger partial charge in [-0.2, -0.15) is 4.31 Å². The van der Waals surface area contributed by atoms with E-state index < -0.39 is 10.0 Å². The number of Topliss-reactive ketones (excluding diaryl/α,β-unsaturated/α-hetero) is 1. The van der Waals surface area contributed by atoms with Gasteiger partial charge in [-0.05, 0) is 31.2 Å². The van der Waals surface area contributed by atoms with E-state index in [1.807, 2.05) is 0 Å². The fraction of sp³-hybridized carbons (Fsp3) is 0.214. The molecule has 0 aliphatic heterocycles. The van der Waals surface area contributed by atoms with Crippen molar-refractivity contribution < 1.29 is 17.6 Å². The van der Waals surface area contributed by atoms with Gasteiger partial charge in [0.1, 0.15) is 5.76 Å². The second kappa shape index (κ2) is 5.60. The fourth-order valence-corrected chi connectivity index (χ4v) is 2.95. The third kappa shape index (κ3) is 2.97. The minimum absolute atomic E-state index is 0.0965.